The number of nitrogens with one attached hydrogen (secondary N) is 2. The minimum absolute atomic E-state index is 0.0347. The molecule has 2 aliphatic rings. The zero-order valence-electron chi connectivity index (χ0n) is 18.6. The Labute approximate surface area is 189 Å². The number of piperazine rings is 1. The van der Waals surface area contributed by atoms with Gasteiger partial charge in [-0.05, 0) is 50.3 Å². The molecule has 180 valence electrons. The van der Waals surface area contributed by atoms with Crippen LogP contribution in [0, 0.1) is 12.7 Å². The lowest BCUT2D eigenvalue weighted by atomic mass is 9.89. The predicted molar refractivity (Wildman–Crippen MR) is 115 cm³/mol. The van der Waals surface area contributed by atoms with Gasteiger partial charge in [-0.3, -0.25) is 14.5 Å². The summed E-state index contributed by atoms with van der Waals surface area (Å²) in [6, 6.07) is 2.38. The molecule has 2 amide bonds. The fourth-order valence-electron chi connectivity index (χ4n) is 5.13. The lowest BCUT2D eigenvalue weighted by molar-refractivity contribution is -0.202. The van der Waals surface area contributed by atoms with Gasteiger partial charge in [0, 0.05) is 44.0 Å². The van der Waals surface area contributed by atoms with Crippen molar-refractivity contribution in [3.63, 3.8) is 0 Å². The third-order valence-corrected chi connectivity index (χ3v) is 6.89. The van der Waals surface area contributed by atoms with Crippen LogP contribution in [0.2, 0.25) is 0 Å². The topological polar surface area (TPSA) is 68.4 Å². The molecule has 2 heterocycles. The highest BCUT2D eigenvalue weighted by atomic mass is 19.4. The molecular weight excluding hydrogens is 440 g/mol. The van der Waals surface area contributed by atoms with Gasteiger partial charge in [0.05, 0.1) is 5.52 Å². The van der Waals surface area contributed by atoms with Crippen molar-refractivity contribution in [3.8, 4) is 0 Å². The Morgan fingerprint density at radius 2 is 1.94 bits per heavy atom. The Kier molecular flexibility index (Phi) is 6.39. The molecule has 0 radical (unpaired) electrons. The molecule has 10 heteroatoms. The Bertz CT molecular complexity index is 1010. The van der Waals surface area contributed by atoms with Crippen LogP contribution < -0.4 is 5.32 Å². The highest BCUT2D eigenvalue weighted by Crippen LogP contribution is 2.32. The van der Waals surface area contributed by atoms with E-state index in [2.05, 4.69) is 10.3 Å². The molecule has 1 saturated heterocycles. The summed E-state index contributed by atoms with van der Waals surface area (Å²) in [6.07, 6.45) is -1.71. The molecule has 1 aromatic carbocycles. The predicted octanol–water partition coefficient (Wildman–Crippen LogP) is 3.75. The largest absolute Gasteiger partial charge is 0.410 e. The molecule has 1 aliphatic heterocycles. The Morgan fingerprint density at radius 3 is 2.61 bits per heavy atom. The van der Waals surface area contributed by atoms with Crippen LogP contribution in [0.4, 0.5) is 17.6 Å². The number of halogens is 4. The maximum absolute atomic E-state index is 14.1. The Hall–Kier alpha value is -2.62. The number of H-pyrrole nitrogens is 1. The van der Waals surface area contributed by atoms with Crippen LogP contribution in [0.5, 0.6) is 0 Å². The van der Waals surface area contributed by atoms with E-state index in [4.69, 9.17) is 0 Å². The van der Waals surface area contributed by atoms with Gasteiger partial charge in [0.2, 0.25) is 5.91 Å². The van der Waals surface area contributed by atoms with E-state index >= 15 is 0 Å². The number of amides is 2. The first kappa shape index (κ1) is 23.5. The number of fused-ring (bicyclic) bond motifs is 1. The van der Waals surface area contributed by atoms with Crippen molar-refractivity contribution >= 4 is 22.7 Å². The number of aromatic amines is 1. The lowest BCUT2D eigenvalue weighted by Gasteiger charge is -2.46. The SMILES string of the molecule is CC(=O)N1CCN([C@@H]2CCC[C@@H](NC(=O)c3cc4c(F)ccc(C)c4[nH]3)C2)CC1C(F)(F)F. The number of nitrogens with zero attached hydrogens (tertiary/aromatic N) is 2. The van der Waals surface area contributed by atoms with Crippen molar-refractivity contribution in [1.82, 2.24) is 20.1 Å². The summed E-state index contributed by atoms with van der Waals surface area (Å²) in [5, 5.41) is 3.32. The van der Waals surface area contributed by atoms with Gasteiger partial charge in [0.1, 0.15) is 17.6 Å². The van der Waals surface area contributed by atoms with E-state index in [9.17, 15) is 27.2 Å². The van der Waals surface area contributed by atoms with E-state index in [1.165, 1.54) is 12.1 Å². The molecule has 1 aromatic heterocycles. The van der Waals surface area contributed by atoms with Crippen LogP contribution in [-0.2, 0) is 4.79 Å². The second-order valence-corrected chi connectivity index (χ2v) is 9.09. The van der Waals surface area contributed by atoms with Gasteiger partial charge in [-0.2, -0.15) is 13.2 Å². The third-order valence-electron chi connectivity index (χ3n) is 6.89. The molecule has 2 fully saturated rings. The summed E-state index contributed by atoms with van der Waals surface area (Å²) in [5.74, 6) is -1.34. The Balaban J connectivity index is 1.42. The van der Waals surface area contributed by atoms with E-state index in [0.29, 0.717) is 23.9 Å². The first-order chi connectivity index (χ1) is 15.5. The van der Waals surface area contributed by atoms with Crippen molar-refractivity contribution in [3.05, 3.63) is 35.3 Å². The molecule has 2 aromatic rings. The summed E-state index contributed by atoms with van der Waals surface area (Å²) in [7, 11) is 0. The van der Waals surface area contributed by atoms with Crippen LogP contribution >= 0.6 is 0 Å². The maximum atomic E-state index is 14.1. The molecule has 6 nitrogen and oxygen atoms in total. The number of rotatable bonds is 3. The molecule has 2 N–H and O–H groups in total. The van der Waals surface area contributed by atoms with E-state index < -0.39 is 23.9 Å². The van der Waals surface area contributed by atoms with Gasteiger partial charge in [-0.25, -0.2) is 4.39 Å². The molecule has 33 heavy (non-hydrogen) atoms. The van der Waals surface area contributed by atoms with Crippen molar-refractivity contribution in [2.45, 2.75) is 63.8 Å². The third kappa shape index (κ3) is 4.85. The number of aromatic nitrogens is 1. The van der Waals surface area contributed by atoms with Crippen molar-refractivity contribution < 1.29 is 27.2 Å². The summed E-state index contributed by atoms with van der Waals surface area (Å²) >= 11 is 0. The summed E-state index contributed by atoms with van der Waals surface area (Å²) in [6.45, 7) is 3.14. The van der Waals surface area contributed by atoms with E-state index in [1.807, 2.05) is 6.92 Å². The van der Waals surface area contributed by atoms with Crippen molar-refractivity contribution in [1.29, 1.82) is 0 Å². The number of carbonyl (C=O) groups is 2. The summed E-state index contributed by atoms with van der Waals surface area (Å²) in [5.41, 5.74) is 1.66. The standard InChI is InChI=1S/C23H28F4N4O2/c1-13-6-7-18(24)17-11-19(29-21(13)17)22(33)28-15-4-3-5-16(10-15)30-8-9-31(14(2)32)20(12-30)23(25,26)27/h6-7,11,15-16,20,29H,3-5,8-10,12H2,1-2H3,(H,28,33)/t15-,16-,20?/m1/s1. The molecule has 3 atom stereocenters. The van der Waals surface area contributed by atoms with Gasteiger partial charge in [-0.1, -0.05) is 6.07 Å². The smallest absolute Gasteiger partial charge is 0.350 e. The summed E-state index contributed by atoms with van der Waals surface area (Å²) < 4.78 is 54.8. The van der Waals surface area contributed by atoms with Crippen molar-refractivity contribution in [2.75, 3.05) is 19.6 Å². The average molecular weight is 468 g/mol. The van der Waals surface area contributed by atoms with Crippen LogP contribution in [0.25, 0.3) is 10.9 Å². The number of aryl methyl sites for hydroxylation is 1. The average Bonchev–Trinajstić information content (AvgIpc) is 3.23. The zero-order valence-corrected chi connectivity index (χ0v) is 18.6. The minimum Gasteiger partial charge on any atom is -0.350 e. The molecule has 4 rings (SSSR count). The van der Waals surface area contributed by atoms with Crippen LogP contribution in [-0.4, -0.2) is 70.5 Å². The highest BCUT2D eigenvalue weighted by molar-refractivity contribution is 5.99. The number of hydrogen-bond donors (Lipinski definition) is 2. The van der Waals surface area contributed by atoms with E-state index in [0.717, 1.165) is 36.6 Å². The van der Waals surface area contributed by atoms with Gasteiger partial charge in [0.15, 0.2) is 0 Å². The number of alkyl halides is 3. The van der Waals surface area contributed by atoms with Crippen LogP contribution in [0.3, 0.4) is 0 Å². The van der Waals surface area contributed by atoms with Gasteiger partial charge in [-0.15, -0.1) is 0 Å². The molecule has 1 aliphatic carbocycles. The van der Waals surface area contributed by atoms with Gasteiger partial charge >= 0.3 is 6.18 Å². The molecule has 0 spiro atoms. The minimum atomic E-state index is -4.49. The fraction of sp³-hybridized carbons (Fsp3) is 0.565. The van der Waals surface area contributed by atoms with Crippen molar-refractivity contribution in [2.24, 2.45) is 0 Å². The highest BCUT2D eigenvalue weighted by Gasteiger charge is 2.48. The number of hydrogen-bond acceptors (Lipinski definition) is 3. The molecule has 1 unspecified atom stereocenters. The number of carbonyl (C=O) groups excluding carboxylic acids is 2. The maximum Gasteiger partial charge on any atom is 0.410 e. The second kappa shape index (κ2) is 8.96. The first-order valence-electron chi connectivity index (χ1n) is 11.2. The second-order valence-electron chi connectivity index (χ2n) is 9.09. The first-order valence-corrected chi connectivity index (χ1v) is 11.2. The Morgan fingerprint density at radius 1 is 1.18 bits per heavy atom. The van der Waals surface area contributed by atoms with Crippen LogP contribution in [0.15, 0.2) is 18.2 Å². The van der Waals surface area contributed by atoms with Gasteiger partial charge in [0.25, 0.3) is 5.91 Å². The number of benzene rings is 1. The fourth-order valence-corrected chi connectivity index (χ4v) is 5.13. The van der Waals surface area contributed by atoms with E-state index in [1.54, 1.807) is 11.0 Å². The lowest BCUT2D eigenvalue weighted by Crippen LogP contribution is -2.62. The molecule has 1 saturated carbocycles. The monoisotopic (exact) mass is 468 g/mol. The summed E-state index contributed by atoms with van der Waals surface area (Å²) in [4.78, 5) is 30.2. The quantitative estimate of drug-likeness (QED) is 0.675. The van der Waals surface area contributed by atoms with Gasteiger partial charge < -0.3 is 15.2 Å². The zero-order chi connectivity index (χ0) is 23.9. The van der Waals surface area contributed by atoms with Crippen LogP contribution in [0.1, 0.15) is 48.7 Å². The normalized spacial score (nSPS) is 24.8. The molecular formula is C23H28F4N4O2. The van der Waals surface area contributed by atoms with E-state index in [-0.39, 0.29) is 36.8 Å². The molecule has 0 bridgehead atoms.